The lowest BCUT2D eigenvalue weighted by molar-refractivity contribution is -0.137. The molecule has 0 spiro atoms. The first-order valence-corrected chi connectivity index (χ1v) is 8.96. The van der Waals surface area contributed by atoms with Crippen LogP contribution in [0, 0.1) is 0 Å². The number of ether oxygens (including phenoxy) is 1. The van der Waals surface area contributed by atoms with Crippen molar-refractivity contribution in [1.82, 2.24) is 9.80 Å². The van der Waals surface area contributed by atoms with Crippen molar-refractivity contribution in [2.75, 3.05) is 26.2 Å². The van der Waals surface area contributed by atoms with Gasteiger partial charge < -0.3 is 14.7 Å². The molecule has 1 aromatic carbocycles. The molecule has 160 valence electrons. The molecule has 1 saturated heterocycles. The number of amides is 1. The van der Waals surface area contributed by atoms with Gasteiger partial charge in [-0.25, -0.2) is 9.59 Å². The fourth-order valence-corrected chi connectivity index (χ4v) is 2.87. The van der Waals surface area contributed by atoms with Gasteiger partial charge in [0.05, 0.1) is 5.56 Å². The summed E-state index contributed by atoms with van der Waals surface area (Å²) in [7, 11) is 0. The molecule has 0 unspecified atom stereocenters. The summed E-state index contributed by atoms with van der Waals surface area (Å²) in [6, 6.07) is 2.52. The predicted molar refractivity (Wildman–Crippen MR) is 96.5 cm³/mol. The highest BCUT2D eigenvalue weighted by Gasteiger charge is 2.33. The molecule has 0 bridgehead atoms. The zero-order valence-electron chi connectivity index (χ0n) is 16.4. The van der Waals surface area contributed by atoms with Crippen LogP contribution in [0.5, 0.6) is 0 Å². The van der Waals surface area contributed by atoms with Crippen LogP contribution < -0.4 is 0 Å². The summed E-state index contributed by atoms with van der Waals surface area (Å²) >= 11 is 0. The van der Waals surface area contributed by atoms with Crippen molar-refractivity contribution < 1.29 is 37.4 Å². The predicted octanol–water partition coefficient (Wildman–Crippen LogP) is 3.03. The van der Waals surface area contributed by atoms with Crippen molar-refractivity contribution in [3.05, 3.63) is 34.9 Å². The third-order valence-corrected chi connectivity index (χ3v) is 4.29. The Kier molecular flexibility index (Phi) is 6.56. The maximum atomic E-state index is 12.9. The van der Waals surface area contributed by atoms with Crippen LogP contribution in [0.3, 0.4) is 0 Å². The highest BCUT2D eigenvalue weighted by atomic mass is 19.4. The quantitative estimate of drug-likeness (QED) is 0.600. The first-order valence-electron chi connectivity index (χ1n) is 8.96. The molecule has 1 amide bonds. The van der Waals surface area contributed by atoms with E-state index in [1.165, 1.54) is 4.90 Å². The highest BCUT2D eigenvalue weighted by Crippen LogP contribution is 2.31. The minimum atomic E-state index is -4.69. The second kappa shape index (κ2) is 8.40. The minimum Gasteiger partial charge on any atom is -0.475 e. The van der Waals surface area contributed by atoms with E-state index in [9.17, 15) is 27.6 Å². The van der Waals surface area contributed by atoms with E-state index in [0.717, 1.165) is 12.1 Å². The van der Waals surface area contributed by atoms with Crippen LogP contribution in [0.2, 0.25) is 0 Å². The molecule has 0 aromatic heterocycles. The number of alkyl halides is 3. The average Bonchev–Trinajstić information content (AvgIpc) is 2.59. The minimum absolute atomic E-state index is 0.0919. The smallest absolute Gasteiger partial charge is 0.416 e. The van der Waals surface area contributed by atoms with Gasteiger partial charge in [-0.3, -0.25) is 9.69 Å². The second-order valence-electron chi connectivity index (χ2n) is 7.75. The second-order valence-corrected chi connectivity index (χ2v) is 7.75. The normalized spacial score (nSPS) is 15.9. The first kappa shape index (κ1) is 22.7. The number of carbonyl (C=O) groups is 3. The molecule has 1 N–H and O–H groups in total. The van der Waals surface area contributed by atoms with Gasteiger partial charge in [0.25, 0.3) is 5.78 Å². The van der Waals surface area contributed by atoms with Crippen LogP contribution in [-0.2, 0) is 22.3 Å². The molecule has 7 nitrogen and oxygen atoms in total. The molecule has 0 saturated carbocycles. The third kappa shape index (κ3) is 6.18. The number of carbonyl (C=O) groups excluding carboxylic acids is 2. The van der Waals surface area contributed by atoms with Crippen molar-refractivity contribution in [3.8, 4) is 0 Å². The standard InChI is InChI=1S/C19H23F3N2O5/c1-18(2,3)29-17(28)24-8-6-23(7-9-24)11-12-4-5-13(19(20,21)22)10-14(12)15(25)16(26)27/h4-5,10H,6-9,11H2,1-3H3,(H,26,27). The zero-order valence-corrected chi connectivity index (χ0v) is 16.4. The van der Waals surface area contributed by atoms with E-state index in [1.54, 1.807) is 20.8 Å². The number of hydrogen-bond donors (Lipinski definition) is 1. The molecule has 10 heteroatoms. The fourth-order valence-electron chi connectivity index (χ4n) is 2.87. The number of benzene rings is 1. The van der Waals surface area contributed by atoms with Crippen LogP contribution in [0.15, 0.2) is 18.2 Å². The van der Waals surface area contributed by atoms with E-state index in [-0.39, 0.29) is 12.1 Å². The molecule has 0 radical (unpaired) electrons. The lowest BCUT2D eigenvalue weighted by Crippen LogP contribution is -2.49. The van der Waals surface area contributed by atoms with E-state index in [2.05, 4.69) is 0 Å². The van der Waals surface area contributed by atoms with E-state index >= 15 is 0 Å². The summed E-state index contributed by atoms with van der Waals surface area (Å²) in [5.41, 5.74) is -2.00. The Labute approximate surface area is 166 Å². The number of Topliss-reactive ketones (excluding diaryl/α,β-unsaturated/α-hetero) is 1. The van der Waals surface area contributed by atoms with Gasteiger partial charge in [0.15, 0.2) is 0 Å². The molecule has 1 aliphatic rings. The zero-order chi connectivity index (χ0) is 22.0. The maximum absolute atomic E-state index is 12.9. The maximum Gasteiger partial charge on any atom is 0.416 e. The van der Waals surface area contributed by atoms with Crippen molar-refractivity contribution in [2.45, 2.75) is 39.1 Å². The van der Waals surface area contributed by atoms with Crippen LogP contribution in [0.1, 0.15) is 42.3 Å². The van der Waals surface area contributed by atoms with Gasteiger partial charge in [0.2, 0.25) is 0 Å². The first-order chi connectivity index (χ1) is 13.3. The Hall–Kier alpha value is -2.62. The molecule has 0 aliphatic carbocycles. The third-order valence-electron chi connectivity index (χ3n) is 4.29. The molecule has 0 atom stereocenters. The Balaban J connectivity index is 2.11. The van der Waals surface area contributed by atoms with E-state index in [4.69, 9.17) is 9.84 Å². The van der Waals surface area contributed by atoms with E-state index in [1.807, 2.05) is 4.90 Å². The lowest BCUT2D eigenvalue weighted by atomic mass is 9.99. The van der Waals surface area contributed by atoms with Gasteiger partial charge in [0.1, 0.15) is 5.60 Å². The number of hydrogen-bond acceptors (Lipinski definition) is 5. The summed E-state index contributed by atoms with van der Waals surface area (Å²) in [5, 5.41) is 8.95. The average molecular weight is 416 g/mol. The van der Waals surface area contributed by atoms with Crippen molar-refractivity contribution >= 4 is 17.8 Å². The summed E-state index contributed by atoms with van der Waals surface area (Å²) in [4.78, 5) is 38.4. The van der Waals surface area contributed by atoms with Crippen molar-refractivity contribution in [1.29, 1.82) is 0 Å². The monoisotopic (exact) mass is 416 g/mol. The summed E-state index contributed by atoms with van der Waals surface area (Å²) in [5.74, 6) is -3.21. The molecule has 29 heavy (non-hydrogen) atoms. The lowest BCUT2D eigenvalue weighted by Gasteiger charge is -2.35. The Morgan fingerprint density at radius 3 is 2.14 bits per heavy atom. The summed E-state index contributed by atoms with van der Waals surface area (Å²) < 4.78 is 44.1. The van der Waals surface area contributed by atoms with Gasteiger partial charge in [-0.1, -0.05) is 6.07 Å². The van der Waals surface area contributed by atoms with Gasteiger partial charge in [-0.05, 0) is 38.5 Å². The molecule has 1 aliphatic heterocycles. The van der Waals surface area contributed by atoms with E-state index < -0.39 is 40.8 Å². The van der Waals surface area contributed by atoms with Gasteiger partial charge in [-0.2, -0.15) is 13.2 Å². The largest absolute Gasteiger partial charge is 0.475 e. The number of aliphatic carboxylic acids is 1. The molecule has 2 rings (SSSR count). The Bertz CT molecular complexity index is 794. The molecule has 1 heterocycles. The molecular formula is C19H23F3N2O5. The highest BCUT2D eigenvalue weighted by molar-refractivity contribution is 6.40. The SMILES string of the molecule is CC(C)(C)OC(=O)N1CCN(Cc2ccc(C(F)(F)F)cc2C(=O)C(=O)O)CC1. The number of nitrogens with zero attached hydrogens (tertiary/aromatic N) is 2. The Morgan fingerprint density at radius 1 is 1.07 bits per heavy atom. The van der Waals surface area contributed by atoms with Gasteiger partial charge >= 0.3 is 18.2 Å². The van der Waals surface area contributed by atoms with Crippen LogP contribution in [0.25, 0.3) is 0 Å². The van der Waals surface area contributed by atoms with Gasteiger partial charge in [-0.15, -0.1) is 0 Å². The van der Waals surface area contributed by atoms with Gasteiger partial charge in [0, 0.05) is 38.3 Å². The number of ketones is 1. The number of rotatable bonds is 4. The summed E-state index contributed by atoms with van der Waals surface area (Å²) in [6.45, 7) is 6.86. The Morgan fingerprint density at radius 2 is 1.66 bits per heavy atom. The molecule has 1 fully saturated rings. The number of halogens is 3. The van der Waals surface area contributed by atoms with Crippen molar-refractivity contribution in [3.63, 3.8) is 0 Å². The number of carboxylic acids is 1. The topological polar surface area (TPSA) is 87.2 Å². The number of carboxylic acid groups (broad SMARTS) is 1. The van der Waals surface area contributed by atoms with Crippen LogP contribution in [-0.4, -0.2) is 64.5 Å². The summed E-state index contributed by atoms with van der Waals surface area (Å²) in [6.07, 6.45) is -5.14. The van der Waals surface area contributed by atoms with E-state index in [0.29, 0.717) is 32.2 Å². The number of piperazine rings is 1. The van der Waals surface area contributed by atoms with Crippen LogP contribution >= 0.6 is 0 Å². The molecular weight excluding hydrogens is 393 g/mol. The fraction of sp³-hybridized carbons (Fsp3) is 0.526. The van der Waals surface area contributed by atoms with Crippen LogP contribution in [0.4, 0.5) is 18.0 Å². The van der Waals surface area contributed by atoms with Crippen molar-refractivity contribution in [2.24, 2.45) is 0 Å². The molecule has 1 aromatic rings.